The molecule has 1 spiro atoms. The molecule has 1 saturated heterocycles. The Hall–Kier alpha value is -4.11. The number of benzene rings is 1. The van der Waals surface area contributed by atoms with Gasteiger partial charge in [-0.25, -0.2) is 13.4 Å². The molecule has 2 aliphatic rings. The van der Waals surface area contributed by atoms with Crippen molar-refractivity contribution in [3.8, 4) is 5.82 Å². The molecule has 15 heteroatoms. The van der Waals surface area contributed by atoms with Crippen LogP contribution < -0.4 is 10.6 Å². The summed E-state index contributed by atoms with van der Waals surface area (Å²) in [5.74, 6) is -1.80. The summed E-state index contributed by atoms with van der Waals surface area (Å²) < 4.78 is 63.3. The third-order valence-electron chi connectivity index (χ3n) is 6.73. The predicted octanol–water partition coefficient (Wildman–Crippen LogP) is 1.86. The van der Waals surface area contributed by atoms with Gasteiger partial charge in [-0.05, 0) is 29.8 Å². The number of aliphatic imine (C=N–C) groups is 1. The van der Waals surface area contributed by atoms with Gasteiger partial charge in [-0.1, -0.05) is 12.1 Å². The van der Waals surface area contributed by atoms with Crippen molar-refractivity contribution in [3.05, 3.63) is 70.5 Å². The van der Waals surface area contributed by atoms with Crippen LogP contribution in [0.4, 0.5) is 19.0 Å². The Bertz CT molecular complexity index is 1630. The smallest absolute Gasteiger partial charge is 0.343 e. The largest absolute Gasteiger partial charge is 0.416 e. The number of nitrogens with one attached hydrogen (secondary N) is 2. The van der Waals surface area contributed by atoms with Crippen molar-refractivity contribution in [2.45, 2.75) is 24.7 Å². The van der Waals surface area contributed by atoms with E-state index in [-0.39, 0.29) is 11.4 Å². The van der Waals surface area contributed by atoms with Crippen LogP contribution in [-0.4, -0.2) is 83.8 Å². The van der Waals surface area contributed by atoms with E-state index in [4.69, 9.17) is 0 Å². The number of aromatic nitrogens is 3. The highest BCUT2D eigenvalue weighted by Gasteiger charge is 2.49. The minimum Gasteiger partial charge on any atom is -0.343 e. The van der Waals surface area contributed by atoms with Gasteiger partial charge in [-0.3, -0.25) is 19.5 Å². The Labute approximate surface area is 233 Å². The van der Waals surface area contributed by atoms with Crippen LogP contribution in [0.2, 0.25) is 0 Å². The Kier molecular flexibility index (Phi) is 7.19. The number of likely N-dealkylation sites (tertiary alicyclic amines) is 1. The van der Waals surface area contributed by atoms with E-state index in [1.54, 1.807) is 25.4 Å². The highest BCUT2D eigenvalue weighted by atomic mass is 32.2. The van der Waals surface area contributed by atoms with E-state index in [0.29, 0.717) is 43.1 Å². The molecule has 0 aliphatic carbocycles. The molecule has 0 atom stereocenters. The molecule has 5 rings (SSSR count). The molecule has 2 aliphatic heterocycles. The molecule has 0 bridgehead atoms. The summed E-state index contributed by atoms with van der Waals surface area (Å²) in [5.41, 5.74) is 0.566. The molecule has 11 nitrogen and oxygen atoms in total. The molecule has 2 N–H and O–H groups in total. The molecule has 0 saturated carbocycles. The van der Waals surface area contributed by atoms with Crippen molar-refractivity contribution in [2.75, 3.05) is 37.5 Å². The van der Waals surface area contributed by atoms with Gasteiger partial charge in [0.1, 0.15) is 11.3 Å². The second-order valence-electron chi connectivity index (χ2n) is 10.3. The van der Waals surface area contributed by atoms with E-state index in [0.717, 1.165) is 24.0 Å². The quantitative estimate of drug-likeness (QED) is 0.401. The minimum absolute atomic E-state index is 0.00587. The summed E-state index contributed by atoms with van der Waals surface area (Å²) in [4.78, 5) is 36.2. The van der Waals surface area contributed by atoms with Crippen molar-refractivity contribution < 1.29 is 31.2 Å². The monoisotopic (exact) mass is 589 g/mol. The zero-order valence-electron chi connectivity index (χ0n) is 22.1. The average Bonchev–Trinajstić information content (AvgIpc) is 3.20. The number of anilines is 1. The number of amides is 2. The first-order chi connectivity index (χ1) is 19.2. The highest BCUT2D eigenvalue weighted by molar-refractivity contribution is 7.91. The summed E-state index contributed by atoms with van der Waals surface area (Å²) in [6.45, 7) is 1.28. The number of rotatable bonds is 7. The van der Waals surface area contributed by atoms with Crippen molar-refractivity contribution in [1.29, 1.82) is 0 Å². The normalized spacial score (nSPS) is 16.9. The lowest BCUT2D eigenvalue weighted by molar-refractivity contribution is -0.137. The van der Waals surface area contributed by atoms with Crippen LogP contribution in [0, 0.1) is 0 Å². The third-order valence-corrected chi connectivity index (χ3v) is 7.51. The highest BCUT2D eigenvalue weighted by Crippen LogP contribution is 2.36. The number of halogens is 3. The summed E-state index contributed by atoms with van der Waals surface area (Å²) in [6, 6.07) is 8.31. The maximum absolute atomic E-state index is 13.4. The maximum atomic E-state index is 13.4. The van der Waals surface area contributed by atoms with E-state index in [9.17, 15) is 31.2 Å². The Morgan fingerprint density at radius 2 is 1.90 bits per heavy atom. The molecule has 0 unspecified atom stereocenters. The molecule has 2 amide bonds. The van der Waals surface area contributed by atoms with Crippen LogP contribution >= 0.6 is 0 Å². The second-order valence-corrected chi connectivity index (χ2v) is 12.4. The average molecular weight is 590 g/mol. The zero-order chi connectivity index (χ0) is 29.6. The van der Waals surface area contributed by atoms with E-state index in [2.05, 4.69) is 25.7 Å². The van der Waals surface area contributed by atoms with E-state index in [1.807, 2.05) is 4.90 Å². The molecule has 3 aromatic rings. The summed E-state index contributed by atoms with van der Waals surface area (Å²) in [6.07, 6.45) is -0.0164. The van der Waals surface area contributed by atoms with Gasteiger partial charge >= 0.3 is 6.18 Å². The van der Waals surface area contributed by atoms with E-state index in [1.165, 1.54) is 23.0 Å². The van der Waals surface area contributed by atoms with Gasteiger partial charge in [0.25, 0.3) is 5.91 Å². The number of carbonyl (C=O) groups is 2. The number of fused-ring (bicyclic) bond motifs is 1. The fourth-order valence-electron chi connectivity index (χ4n) is 5.10. The first-order valence-corrected chi connectivity index (χ1v) is 14.5. The predicted molar refractivity (Wildman–Crippen MR) is 144 cm³/mol. The lowest BCUT2D eigenvalue weighted by Crippen LogP contribution is -2.72. The van der Waals surface area contributed by atoms with Crippen molar-refractivity contribution in [3.63, 3.8) is 0 Å². The van der Waals surface area contributed by atoms with Crippen LogP contribution in [0.15, 0.2) is 47.6 Å². The Balaban J connectivity index is 1.39. The number of sulfone groups is 1. The third kappa shape index (κ3) is 6.15. The van der Waals surface area contributed by atoms with Crippen LogP contribution in [0.5, 0.6) is 0 Å². The van der Waals surface area contributed by atoms with Gasteiger partial charge in [-0.15, -0.1) is 0 Å². The topological polar surface area (TPSA) is 139 Å². The molecule has 1 aromatic carbocycles. The first kappa shape index (κ1) is 28.4. The molecule has 216 valence electrons. The number of alkyl halides is 3. The van der Waals surface area contributed by atoms with Crippen LogP contribution in [0.3, 0.4) is 0 Å². The number of nitrogens with zero attached hydrogens (tertiary/aromatic N) is 5. The van der Waals surface area contributed by atoms with Crippen LogP contribution in [0.25, 0.3) is 5.82 Å². The molecule has 4 heterocycles. The Morgan fingerprint density at radius 1 is 1.20 bits per heavy atom. The van der Waals surface area contributed by atoms with E-state index >= 15 is 0 Å². The lowest BCUT2D eigenvalue weighted by Gasteiger charge is -2.52. The molecule has 2 aromatic heterocycles. The molecular formula is C26H26F3N7O4S. The van der Waals surface area contributed by atoms with Gasteiger partial charge in [0, 0.05) is 57.3 Å². The summed E-state index contributed by atoms with van der Waals surface area (Å²) in [5, 5.41) is 10.1. The first-order valence-electron chi connectivity index (χ1n) is 12.4. The Morgan fingerprint density at radius 3 is 2.49 bits per heavy atom. The molecule has 1 fully saturated rings. The SMILES string of the molecule is CN=Cc1ccc(-n2nc3c(c2NC(=O)CS(C)(=O)=O)C(=O)NC2(C3)CN(Cc3ccc(C(F)(F)F)cc3)C2)nc1. The van der Waals surface area contributed by atoms with Crippen LogP contribution in [-0.2, 0) is 33.8 Å². The molecular weight excluding hydrogens is 563 g/mol. The minimum atomic E-state index is -4.41. The molecule has 0 radical (unpaired) electrons. The molecule has 41 heavy (non-hydrogen) atoms. The van der Waals surface area contributed by atoms with Crippen molar-refractivity contribution in [2.24, 2.45) is 4.99 Å². The van der Waals surface area contributed by atoms with Gasteiger partial charge in [-0.2, -0.15) is 23.0 Å². The fraction of sp³-hybridized carbons (Fsp3) is 0.346. The number of hydrogen-bond donors (Lipinski definition) is 2. The standard InChI is InChI=1S/C26H26F3N7O4S/c1-30-10-17-5-8-20(31-11-17)36-23(32-21(37)13-41(2,39)40)22-19(34-36)9-25(33-24(22)38)14-35(15-25)12-16-3-6-18(7-4-16)26(27,28)29/h3-8,10-11H,9,12-15H2,1-2H3,(H,32,37)(H,33,38). The van der Waals surface area contributed by atoms with Crippen LogP contribution in [0.1, 0.15) is 32.7 Å². The number of carbonyl (C=O) groups excluding carboxylic acids is 2. The summed E-state index contributed by atoms with van der Waals surface area (Å²) in [7, 11) is -2.02. The van der Waals surface area contributed by atoms with Gasteiger partial charge in [0.05, 0.1) is 16.8 Å². The van der Waals surface area contributed by atoms with Crippen molar-refractivity contribution in [1.82, 2.24) is 25.0 Å². The van der Waals surface area contributed by atoms with Gasteiger partial charge < -0.3 is 10.6 Å². The number of hydrogen-bond acceptors (Lipinski definition) is 8. The maximum Gasteiger partial charge on any atom is 0.416 e. The lowest BCUT2D eigenvalue weighted by atomic mass is 9.80. The van der Waals surface area contributed by atoms with E-state index < -0.39 is 44.7 Å². The number of pyridine rings is 1. The second kappa shape index (κ2) is 10.4. The zero-order valence-corrected chi connectivity index (χ0v) is 22.9. The van der Waals surface area contributed by atoms with Gasteiger partial charge in [0.2, 0.25) is 5.91 Å². The summed E-state index contributed by atoms with van der Waals surface area (Å²) >= 11 is 0. The fourth-order valence-corrected chi connectivity index (χ4v) is 5.65. The van der Waals surface area contributed by atoms with Crippen molar-refractivity contribution >= 4 is 33.7 Å². The van der Waals surface area contributed by atoms with Gasteiger partial charge in [0.15, 0.2) is 21.5 Å².